The molecule has 1 aliphatic carbocycles. The van der Waals surface area contributed by atoms with Crippen LogP contribution in [0, 0.1) is 5.92 Å². The molecule has 2 heterocycles. The van der Waals surface area contributed by atoms with Crippen LogP contribution in [-0.2, 0) is 20.9 Å². The Kier molecular flexibility index (Phi) is 6.57. The summed E-state index contributed by atoms with van der Waals surface area (Å²) in [6.45, 7) is 0.294. The van der Waals surface area contributed by atoms with E-state index in [1.54, 1.807) is 12.4 Å². The van der Waals surface area contributed by atoms with Crippen molar-refractivity contribution in [3.8, 4) is 0 Å². The molecule has 3 atom stereocenters. The van der Waals surface area contributed by atoms with Crippen molar-refractivity contribution in [2.45, 2.75) is 63.3 Å². The second kappa shape index (κ2) is 9.09. The number of carbonyl (C=O) groups excluding carboxylic acids is 2. The summed E-state index contributed by atoms with van der Waals surface area (Å²) in [4.78, 5) is 28.2. The van der Waals surface area contributed by atoms with Crippen molar-refractivity contribution in [1.82, 2.24) is 15.6 Å². The molecule has 1 aromatic heterocycles. The minimum atomic E-state index is -0.453. The first-order valence-corrected chi connectivity index (χ1v) is 9.38. The van der Waals surface area contributed by atoms with Crippen molar-refractivity contribution in [2.24, 2.45) is 5.92 Å². The quantitative estimate of drug-likeness (QED) is 0.670. The van der Waals surface area contributed by atoms with Gasteiger partial charge in [-0.2, -0.15) is 0 Å². The smallest absolute Gasteiger partial charge is 0.223 e. The lowest BCUT2D eigenvalue weighted by Gasteiger charge is -2.37. The summed E-state index contributed by atoms with van der Waals surface area (Å²) in [7, 11) is 0. The number of nitrogens with one attached hydrogen (secondary N) is 2. The molecule has 3 N–H and O–H groups in total. The van der Waals surface area contributed by atoms with Gasteiger partial charge in [0.25, 0.3) is 0 Å². The molecular formula is C19H27N3O4. The summed E-state index contributed by atoms with van der Waals surface area (Å²) >= 11 is 0. The highest BCUT2D eigenvalue weighted by Gasteiger charge is 2.35. The van der Waals surface area contributed by atoms with Gasteiger partial charge in [-0.25, -0.2) is 0 Å². The van der Waals surface area contributed by atoms with Crippen LogP contribution < -0.4 is 10.6 Å². The van der Waals surface area contributed by atoms with Crippen molar-refractivity contribution in [1.29, 1.82) is 0 Å². The molecule has 0 aromatic carbocycles. The Balaban J connectivity index is 1.42. The Bertz CT molecular complexity index is 606. The monoisotopic (exact) mass is 361 g/mol. The van der Waals surface area contributed by atoms with Gasteiger partial charge in [0, 0.05) is 24.9 Å². The lowest BCUT2D eigenvalue weighted by molar-refractivity contribution is -0.138. The Morgan fingerprint density at radius 3 is 2.62 bits per heavy atom. The number of nitrogens with zero attached hydrogens (tertiary/aromatic N) is 1. The normalized spacial score (nSPS) is 26.0. The maximum Gasteiger partial charge on any atom is 0.223 e. The lowest BCUT2D eigenvalue weighted by atomic mass is 9.84. The van der Waals surface area contributed by atoms with Crippen LogP contribution in [0.2, 0.25) is 0 Å². The molecule has 1 aliphatic heterocycles. The first kappa shape index (κ1) is 18.8. The molecule has 1 saturated carbocycles. The molecule has 7 nitrogen and oxygen atoms in total. The summed E-state index contributed by atoms with van der Waals surface area (Å²) in [5, 5.41) is 15.5. The second-order valence-corrected chi connectivity index (χ2v) is 7.14. The summed E-state index contributed by atoms with van der Waals surface area (Å²) in [6, 6.07) is 3.53. The van der Waals surface area contributed by atoms with Gasteiger partial charge in [0.05, 0.1) is 25.2 Å². The minimum absolute atomic E-state index is 0.0665. The predicted molar refractivity (Wildman–Crippen MR) is 95.0 cm³/mol. The molecule has 0 radical (unpaired) electrons. The molecular weight excluding hydrogens is 334 g/mol. The molecule has 0 bridgehead atoms. The van der Waals surface area contributed by atoms with Crippen LogP contribution in [-0.4, -0.2) is 46.8 Å². The van der Waals surface area contributed by atoms with Crippen LogP contribution in [0.5, 0.6) is 0 Å². The van der Waals surface area contributed by atoms with Crippen molar-refractivity contribution in [2.75, 3.05) is 6.61 Å². The molecule has 1 aromatic rings. The average Bonchev–Trinajstić information content (AvgIpc) is 2.60. The Labute approximate surface area is 153 Å². The van der Waals surface area contributed by atoms with Gasteiger partial charge in [0.1, 0.15) is 6.10 Å². The fraction of sp³-hybridized carbons (Fsp3) is 0.632. The number of amides is 2. The van der Waals surface area contributed by atoms with Gasteiger partial charge in [0.2, 0.25) is 11.8 Å². The molecule has 2 fully saturated rings. The van der Waals surface area contributed by atoms with Gasteiger partial charge in [-0.05, 0) is 43.4 Å². The molecule has 0 spiro atoms. The van der Waals surface area contributed by atoms with E-state index in [1.165, 1.54) is 0 Å². The second-order valence-electron chi connectivity index (χ2n) is 7.14. The van der Waals surface area contributed by atoms with E-state index in [-0.39, 0.29) is 42.9 Å². The molecule has 0 unspecified atom stereocenters. The average molecular weight is 361 g/mol. The molecule has 1 saturated heterocycles. The van der Waals surface area contributed by atoms with E-state index in [0.29, 0.717) is 19.4 Å². The highest BCUT2D eigenvalue weighted by molar-refractivity contribution is 5.79. The SMILES string of the molecule is O=C(C[C@@H]1CC[C@H](NC(=O)C2CCC2)[C@H](CO)O1)NCc1ccncc1. The fourth-order valence-electron chi connectivity index (χ4n) is 3.40. The third kappa shape index (κ3) is 5.02. The van der Waals surface area contributed by atoms with Gasteiger partial charge in [-0.15, -0.1) is 0 Å². The van der Waals surface area contributed by atoms with Gasteiger partial charge in [-0.1, -0.05) is 6.42 Å². The van der Waals surface area contributed by atoms with Crippen LogP contribution >= 0.6 is 0 Å². The summed E-state index contributed by atoms with van der Waals surface area (Å²) < 4.78 is 5.87. The first-order valence-electron chi connectivity index (χ1n) is 9.38. The van der Waals surface area contributed by atoms with Crippen LogP contribution in [0.3, 0.4) is 0 Å². The van der Waals surface area contributed by atoms with Gasteiger partial charge < -0.3 is 20.5 Å². The van der Waals surface area contributed by atoms with Crippen molar-refractivity contribution < 1.29 is 19.4 Å². The van der Waals surface area contributed by atoms with E-state index in [2.05, 4.69) is 15.6 Å². The van der Waals surface area contributed by atoms with E-state index >= 15 is 0 Å². The summed E-state index contributed by atoms with van der Waals surface area (Å²) in [5.41, 5.74) is 0.991. The zero-order chi connectivity index (χ0) is 18.4. The summed E-state index contributed by atoms with van der Waals surface area (Å²) in [5.74, 6) is 0.100. The third-order valence-corrected chi connectivity index (χ3v) is 5.25. The maximum atomic E-state index is 12.1. The van der Waals surface area contributed by atoms with E-state index in [1.807, 2.05) is 12.1 Å². The molecule has 26 heavy (non-hydrogen) atoms. The molecule has 3 rings (SSSR count). The molecule has 7 heteroatoms. The molecule has 142 valence electrons. The molecule has 2 amide bonds. The number of rotatable bonds is 7. The standard InChI is InChI=1S/C19H27N3O4/c23-12-17-16(22-19(25)14-2-1-3-14)5-4-15(26-17)10-18(24)21-11-13-6-8-20-9-7-13/h6-9,14-17,23H,1-5,10-12H2,(H,21,24)(H,22,25)/t15-,16-,17-/m0/s1. The number of ether oxygens (including phenoxy) is 1. The van der Waals surface area contributed by atoms with Crippen molar-refractivity contribution in [3.05, 3.63) is 30.1 Å². The van der Waals surface area contributed by atoms with Gasteiger partial charge >= 0.3 is 0 Å². The zero-order valence-electron chi connectivity index (χ0n) is 14.9. The van der Waals surface area contributed by atoms with E-state index in [9.17, 15) is 14.7 Å². The van der Waals surface area contributed by atoms with E-state index in [4.69, 9.17) is 4.74 Å². The van der Waals surface area contributed by atoms with Gasteiger partial charge in [0.15, 0.2) is 0 Å². The number of hydrogen-bond donors (Lipinski definition) is 3. The Morgan fingerprint density at radius 2 is 1.96 bits per heavy atom. The summed E-state index contributed by atoms with van der Waals surface area (Å²) in [6.07, 6.45) is 7.36. The number of aliphatic hydroxyl groups is 1. The fourth-order valence-corrected chi connectivity index (χ4v) is 3.40. The topological polar surface area (TPSA) is 101 Å². The maximum absolute atomic E-state index is 12.1. The van der Waals surface area contributed by atoms with Crippen molar-refractivity contribution >= 4 is 11.8 Å². The molecule has 2 aliphatic rings. The zero-order valence-corrected chi connectivity index (χ0v) is 14.9. The lowest BCUT2D eigenvalue weighted by Crippen LogP contribution is -2.53. The highest BCUT2D eigenvalue weighted by atomic mass is 16.5. The van der Waals surface area contributed by atoms with Gasteiger partial charge in [-0.3, -0.25) is 14.6 Å². The highest BCUT2D eigenvalue weighted by Crippen LogP contribution is 2.28. The Hall–Kier alpha value is -1.99. The number of hydrogen-bond acceptors (Lipinski definition) is 5. The van der Waals surface area contributed by atoms with E-state index < -0.39 is 6.10 Å². The Morgan fingerprint density at radius 1 is 1.19 bits per heavy atom. The predicted octanol–water partition coefficient (Wildman–Crippen LogP) is 0.913. The number of carbonyl (C=O) groups is 2. The van der Waals surface area contributed by atoms with Crippen molar-refractivity contribution in [3.63, 3.8) is 0 Å². The van der Waals surface area contributed by atoms with E-state index in [0.717, 1.165) is 24.8 Å². The van der Waals surface area contributed by atoms with Crippen LogP contribution in [0.1, 0.15) is 44.1 Å². The van der Waals surface area contributed by atoms with Crippen LogP contribution in [0.15, 0.2) is 24.5 Å². The van der Waals surface area contributed by atoms with Crippen LogP contribution in [0.4, 0.5) is 0 Å². The number of aliphatic hydroxyl groups excluding tert-OH is 1. The largest absolute Gasteiger partial charge is 0.394 e. The third-order valence-electron chi connectivity index (χ3n) is 5.25. The number of pyridine rings is 1. The minimum Gasteiger partial charge on any atom is -0.394 e. The first-order chi connectivity index (χ1) is 12.7. The van der Waals surface area contributed by atoms with Crippen LogP contribution in [0.25, 0.3) is 0 Å². The number of aromatic nitrogens is 1.